The van der Waals surface area contributed by atoms with Crippen LogP contribution >= 0.6 is 11.6 Å². The minimum atomic E-state index is -0.676. The smallest absolute Gasteiger partial charge is 0.288 e. The standard InChI is InChI=1S/C14H10ClFN2O3/c1-8-5-6-9(7-11(8)16)17-14(19)10-3-2-4-12(13(10)15)18(20)21/h2-7H,1H3,(H,17,19). The summed E-state index contributed by atoms with van der Waals surface area (Å²) < 4.78 is 13.4. The predicted octanol–water partition coefficient (Wildman–Crippen LogP) is 3.95. The summed E-state index contributed by atoms with van der Waals surface area (Å²) in [4.78, 5) is 22.2. The fraction of sp³-hybridized carbons (Fsp3) is 0.0714. The van der Waals surface area contributed by atoms with E-state index < -0.39 is 16.6 Å². The molecule has 2 aromatic rings. The lowest BCUT2D eigenvalue weighted by Crippen LogP contribution is -2.13. The van der Waals surface area contributed by atoms with E-state index in [2.05, 4.69) is 5.32 Å². The minimum absolute atomic E-state index is 0.0492. The van der Waals surface area contributed by atoms with Crippen molar-refractivity contribution in [1.29, 1.82) is 0 Å². The largest absolute Gasteiger partial charge is 0.322 e. The Morgan fingerprint density at radius 3 is 2.67 bits per heavy atom. The van der Waals surface area contributed by atoms with Crippen molar-refractivity contribution in [1.82, 2.24) is 0 Å². The zero-order valence-corrected chi connectivity index (χ0v) is 11.6. The zero-order valence-electron chi connectivity index (χ0n) is 10.9. The summed E-state index contributed by atoms with van der Waals surface area (Å²) >= 11 is 5.84. The number of nitro groups is 1. The molecule has 0 radical (unpaired) electrons. The van der Waals surface area contributed by atoms with Crippen LogP contribution in [0.25, 0.3) is 0 Å². The summed E-state index contributed by atoms with van der Waals surface area (Å²) in [5, 5.41) is 13.0. The molecule has 2 aromatic carbocycles. The lowest BCUT2D eigenvalue weighted by Gasteiger charge is -2.07. The quantitative estimate of drug-likeness (QED) is 0.689. The van der Waals surface area contributed by atoms with Crippen molar-refractivity contribution < 1.29 is 14.1 Å². The molecular weight excluding hydrogens is 299 g/mol. The number of carbonyl (C=O) groups is 1. The molecule has 0 spiro atoms. The van der Waals surface area contributed by atoms with Gasteiger partial charge in [-0.1, -0.05) is 23.7 Å². The summed E-state index contributed by atoms with van der Waals surface area (Å²) in [7, 11) is 0. The molecule has 21 heavy (non-hydrogen) atoms. The number of aryl methyl sites for hydroxylation is 1. The van der Waals surface area contributed by atoms with Crippen LogP contribution in [0.1, 0.15) is 15.9 Å². The van der Waals surface area contributed by atoms with Gasteiger partial charge in [-0.2, -0.15) is 0 Å². The van der Waals surface area contributed by atoms with Crippen LogP contribution < -0.4 is 5.32 Å². The third-order valence-electron chi connectivity index (χ3n) is 2.85. The monoisotopic (exact) mass is 308 g/mol. The highest BCUT2D eigenvalue weighted by molar-refractivity contribution is 6.36. The highest BCUT2D eigenvalue weighted by Crippen LogP contribution is 2.28. The maximum absolute atomic E-state index is 13.4. The molecule has 7 heteroatoms. The predicted molar refractivity (Wildman–Crippen MR) is 77.2 cm³/mol. The van der Waals surface area contributed by atoms with Gasteiger partial charge in [-0.25, -0.2) is 4.39 Å². The van der Waals surface area contributed by atoms with Gasteiger partial charge >= 0.3 is 0 Å². The van der Waals surface area contributed by atoms with Gasteiger partial charge in [0.05, 0.1) is 10.5 Å². The van der Waals surface area contributed by atoms with Crippen LogP contribution in [-0.2, 0) is 0 Å². The van der Waals surface area contributed by atoms with Crippen molar-refractivity contribution >= 4 is 28.9 Å². The van der Waals surface area contributed by atoms with Crippen LogP contribution in [0.2, 0.25) is 5.02 Å². The number of carbonyl (C=O) groups excluding carboxylic acids is 1. The molecule has 0 unspecified atom stereocenters. The highest BCUT2D eigenvalue weighted by Gasteiger charge is 2.20. The van der Waals surface area contributed by atoms with Crippen molar-refractivity contribution in [3.05, 3.63) is 68.5 Å². The first-order valence-corrected chi connectivity index (χ1v) is 6.28. The molecule has 0 heterocycles. The summed E-state index contributed by atoms with van der Waals surface area (Å²) in [5.74, 6) is -1.11. The molecule has 1 N–H and O–H groups in total. The SMILES string of the molecule is Cc1ccc(NC(=O)c2cccc([N+](=O)[O-])c2Cl)cc1F. The van der Waals surface area contributed by atoms with Crippen LogP contribution in [0.3, 0.4) is 0 Å². The average molecular weight is 309 g/mol. The average Bonchev–Trinajstić information content (AvgIpc) is 2.42. The molecule has 0 saturated heterocycles. The maximum Gasteiger partial charge on any atom is 0.288 e. The van der Waals surface area contributed by atoms with Crippen molar-refractivity contribution in [2.45, 2.75) is 6.92 Å². The molecule has 0 bridgehead atoms. The zero-order chi connectivity index (χ0) is 15.6. The van der Waals surface area contributed by atoms with Crippen molar-refractivity contribution in [3.8, 4) is 0 Å². The Morgan fingerprint density at radius 1 is 1.33 bits per heavy atom. The van der Waals surface area contributed by atoms with E-state index in [0.717, 1.165) is 0 Å². The van der Waals surface area contributed by atoms with Crippen LogP contribution in [0.5, 0.6) is 0 Å². The van der Waals surface area contributed by atoms with Crippen LogP contribution in [0.4, 0.5) is 15.8 Å². The van der Waals surface area contributed by atoms with Crippen molar-refractivity contribution in [3.63, 3.8) is 0 Å². The Labute approximate surface area is 124 Å². The summed E-state index contributed by atoms with van der Waals surface area (Å²) in [6.45, 7) is 1.60. The molecule has 0 aliphatic heterocycles. The number of rotatable bonds is 3. The first-order chi connectivity index (χ1) is 9.90. The van der Waals surface area contributed by atoms with Crippen LogP contribution in [0, 0.1) is 22.9 Å². The first-order valence-electron chi connectivity index (χ1n) is 5.90. The second-order valence-corrected chi connectivity index (χ2v) is 4.69. The topological polar surface area (TPSA) is 72.2 Å². The third kappa shape index (κ3) is 3.17. The summed E-state index contributed by atoms with van der Waals surface area (Å²) in [5.41, 5.74) is 0.276. The second kappa shape index (κ2) is 5.88. The Morgan fingerprint density at radius 2 is 2.05 bits per heavy atom. The van der Waals surface area contributed by atoms with Crippen molar-refractivity contribution in [2.75, 3.05) is 5.32 Å². The third-order valence-corrected chi connectivity index (χ3v) is 3.25. The van der Waals surface area contributed by atoms with Gasteiger partial charge in [0.1, 0.15) is 10.8 Å². The van der Waals surface area contributed by atoms with E-state index in [9.17, 15) is 19.3 Å². The Hall–Kier alpha value is -2.47. The van der Waals surface area contributed by atoms with E-state index in [1.54, 1.807) is 6.92 Å². The number of nitrogens with zero attached hydrogens (tertiary/aromatic N) is 1. The fourth-order valence-electron chi connectivity index (χ4n) is 1.71. The van der Waals surface area contributed by atoms with Crippen molar-refractivity contribution in [2.24, 2.45) is 0 Å². The lowest BCUT2D eigenvalue weighted by atomic mass is 10.1. The molecule has 2 rings (SSSR count). The van der Waals surface area contributed by atoms with Gasteiger partial charge in [-0.05, 0) is 30.7 Å². The molecule has 0 aliphatic carbocycles. The minimum Gasteiger partial charge on any atom is -0.322 e. The van der Waals surface area contributed by atoms with Gasteiger partial charge in [0.2, 0.25) is 0 Å². The fourth-order valence-corrected chi connectivity index (χ4v) is 1.99. The van der Waals surface area contributed by atoms with E-state index in [1.165, 1.54) is 36.4 Å². The number of amides is 1. The first kappa shape index (κ1) is 14.9. The molecule has 0 saturated carbocycles. The Bertz CT molecular complexity index is 734. The van der Waals surface area contributed by atoms with E-state index >= 15 is 0 Å². The Kier molecular flexibility index (Phi) is 4.18. The van der Waals surface area contributed by atoms with Gasteiger partial charge in [-0.15, -0.1) is 0 Å². The molecule has 0 fully saturated rings. The number of anilines is 1. The summed E-state index contributed by atoms with van der Waals surface area (Å²) in [6.07, 6.45) is 0. The molecule has 0 aromatic heterocycles. The Balaban J connectivity index is 2.30. The van der Waals surface area contributed by atoms with Crippen LogP contribution in [0.15, 0.2) is 36.4 Å². The molecule has 0 aliphatic rings. The van der Waals surface area contributed by atoms with E-state index in [0.29, 0.717) is 5.56 Å². The second-order valence-electron chi connectivity index (χ2n) is 4.31. The molecule has 108 valence electrons. The molecule has 0 atom stereocenters. The van der Waals surface area contributed by atoms with Gasteiger partial charge in [0.25, 0.3) is 11.6 Å². The lowest BCUT2D eigenvalue weighted by molar-refractivity contribution is -0.384. The summed E-state index contributed by atoms with van der Waals surface area (Å²) in [6, 6.07) is 8.12. The highest BCUT2D eigenvalue weighted by atomic mass is 35.5. The van der Waals surface area contributed by atoms with Crippen LogP contribution in [-0.4, -0.2) is 10.8 Å². The van der Waals surface area contributed by atoms with E-state index in [1.807, 2.05) is 0 Å². The van der Waals surface area contributed by atoms with E-state index in [4.69, 9.17) is 11.6 Å². The molecule has 5 nitrogen and oxygen atoms in total. The van der Waals surface area contributed by atoms with Gasteiger partial charge in [0.15, 0.2) is 0 Å². The number of nitro benzene ring substituents is 1. The number of hydrogen-bond donors (Lipinski definition) is 1. The number of halogens is 2. The van der Waals surface area contributed by atoms with Gasteiger partial charge in [0, 0.05) is 11.8 Å². The number of nitrogens with one attached hydrogen (secondary N) is 1. The normalized spacial score (nSPS) is 10.2. The molecule has 1 amide bonds. The van der Waals surface area contributed by atoms with E-state index in [-0.39, 0.29) is 22.0 Å². The molecular formula is C14H10ClFN2O3. The van der Waals surface area contributed by atoms with Gasteiger partial charge < -0.3 is 5.32 Å². The van der Waals surface area contributed by atoms with Gasteiger partial charge in [-0.3, -0.25) is 14.9 Å². The maximum atomic E-state index is 13.4. The number of hydrogen-bond acceptors (Lipinski definition) is 3. The number of benzene rings is 2.